The van der Waals surface area contributed by atoms with E-state index in [4.69, 9.17) is 27.9 Å². The van der Waals surface area contributed by atoms with Crippen LogP contribution < -0.4 is 4.74 Å². The van der Waals surface area contributed by atoms with Crippen molar-refractivity contribution in [1.29, 1.82) is 5.26 Å². The Balaban J connectivity index is 1.85. The van der Waals surface area contributed by atoms with Crippen molar-refractivity contribution in [1.82, 2.24) is 0 Å². The topological polar surface area (TPSA) is 76.2 Å². The number of para-hydroxylation sites is 1. The molecule has 0 aliphatic heterocycles. The Hall–Kier alpha value is -3.33. The summed E-state index contributed by atoms with van der Waals surface area (Å²) in [5, 5.41) is 21.3. The minimum absolute atomic E-state index is 0.0311. The van der Waals surface area contributed by atoms with Gasteiger partial charge in [-0.3, -0.25) is 10.1 Å². The van der Waals surface area contributed by atoms with Gasteiger partial charge in [0.05, 0.1) is 26.6 Å². The van der Waals surface area contributed by atoms with E-state index in [0.717, 1.165) is 5.56 Å². The fourth-order valence-electron chi connectivity index (χ4n) is 2.62. The van der Waals surface area contributed by atoms with E-state index >= 15 is 0 Å². The molecule has 144 valence electrons. The van der Waals surface area contributed by atoms with Crippen LogP contribution in [0.3, 0.4) is 0 Å². The second-order valence-electron chi connectivity index (χ2n) is 6.05. The molecular formula is C22H14Cl2N2O3. The highest BCUT2D eigenvalue weighted by Crippen LogP contribution is 2.27. The maximum Gasteiger partial charge on any atom is 0.269 e. The van der Waals surface area contributed by atoms with Crippen molar-refractivity contribution in [2.75, 3.05) is 0 Å². The summed E-state index contributed by atoms with van der Waals surface area (Å²) in [7, 11) is 0. The fraction of sp³-hybridized carbons (Fsp3) is 0.0455. The molecule has 0 radical (unpaired) electrons. The van der Waals surface area contributed by atoms with Gasteiger partial charge in [-0.1, -0.05) is 47.5 Å². The third-order valence-electron chi connectivity index (χ3n) is 4.11. The monoisotopic (exact) mass is 424 g/mol. The number of hydrogen-bond donors (Lipinski definition) is 0. The number of rotatable bonds is 6. The molecule has 5 nitrogen and oxygen atoms in total. The molecule has 0 unspecified atom stereocenters. The lowest BCUT2D eigenvalue weighted by molar-refractivity contribution is -0.384. The summed E-state index contributed by atoms with van der Waals surface area (Å²) in [6, 6.07) is 20.5. The average Bonchev–Trinajstić information content (AvgIpc) is 2.73. The van der Waals surface area contributed by atoms with Crippen molar-refractivity contribution in [2.45, 2.75) is 6.61 Å². The van der Waals surface area contributed by atoms with E-state index in [9.17, 15) is 15.4 Å². The first-order chi connectivity index (χ1) is 14.0. The summed E-state index contributed by atoms with van der Waals surface area (Å²) >= 11 is 12.0. The normalized spacial score (nSPS) is 11.0. The van der Waals surface area contributed by atoms with Crippen LogP contribution in [0.25, 0.3) is 11.6 Å². The quantitative estimate of drug-likeness (QED) is 0.194. The second kappa shape index (κ2) is 9.24. The van der Waals surface area contributed by atoms with Crippen LogP contribution in [0.1, 0.15) is 16.7 Å². The highest BCUT2D eigenvalue weighted by atomic mass is 35.5. The number of benzene rings is 3. The van der Waals surface area contributed by atoms with Crippen LogP contribution in [0.15, 0.2) is 66.7 Å². The molecule has 0 spiro atoms. The molecule has 0 amide bonds. The van der Waals surface area contributed by atoms with Gasteiger partial charge in [0.1, 0.15) is 12.4 Å². The zero-order chi connectivity index (χ0) is 20.8. The van der Waals surface area contributed by atoms with Crippen LogP contribution in [0.2, 0.25) is 10.0 Å². The highest BCUT2D eigenvalue weighted by molar-refractivity contribution is 6.42. The van der Waals surface area contributed by atoms with Crippen LogP contribution in [0.4, 0.5) is 5.69 Å². The molecule has 0 saturated carbocycles. The third-order valence-corrected chi connectivity index (χ3v) is 4.85. The highest BCUT2D eigenvalue weighted by Gasteiger charge is 2.09. The summed E-state index contributed by atoms with van der Waals surface area (Å²) < 4.78 is 5.90. The van der Waals surface area contributed by atoms with Gasteiger partial charge in [0.15, 0.2) is 0 Å². The van der Waals surface area contributed by atoms with Gasteiger partial charge in [-0.15, -0.1) is 0 Å². The Morgan fingerprint density at radius 3 is 2.45 bits per heavy atom. The summed E-state index contributed by atoms with van der Waals surface area (Å²) in [6.45, 7) is 0.279. The molecule has 0 aromatic heterocycles. The van der Waals surface area contributed by atoms with Crippen LogP contribution in [-0.4, -0.2) is 4.92 Å². The van der Waals surface area contributed by atoms with Gasteiger partial charge in [-0.25, -0.2) is 0 Å². The van der Waals surface area contributed by atoms with Crippen LogP contribution in [0.5, 0.6) is 5.75 Å². The first-order valence-electron chi connectivity index (χ1n) is 8.50. The van der Waals surface area contributed by atoms with Crippen molar-refractivity contribution in [3.05, 3.63) is 104 Å². The number of nitro benzene ring substituents is 1. The summed E-state index contributed by atoms with van der Waals surface area (Å²) in [5.41, 5.74) is 2.48. The maximum absolute atomic E-state index is 10.8. The van der Waals surface area contributed by atoms with Gasteiger partial charge in [-0.05, 0) is 47.5 Å². The summed E-state index contributed by atoms with van der Waals surface area (Å²) in [4.78, 5) is 10.3. The van der Waals surface area contributed by atoms with Crippen molar-refractivity contribution in [3.8, 4) is 11.8 Å². The van der Waals surface area contributed by atoms with Crippen molar-refractivity contribution in [3.63, 3.8) is 0 Å². The molecule has 0 fully saturated rings. The third kappa shape index (κ3) is 5.14. The van der Waals surface area contributed by atoms with E-state index in [1.54, 1.807) is 36.4 Å². The molecule has 0 heterocycles. The van der Waals surface area contributed by atoms with Gasteiger partial charge in [0, 0.05) is 17.7 Å². The number of nitrogens with zero attached hydrogens (tertiary/aromatic N) is 2. The predicted octanol–water partition coefficient (Wildman–Crippen LogP) is 6.54. The molecule has 0 N–H and O–H groups in total. The van der Waals surface area contributed by atoms with Gasteiger partial charge < -0.3 is 4.74 Å². The molecule has 0 aliphatic rings. The van der Waals surface area contributed by atoms with Crippen molar-refractivity contribution >= 4 is 40.5 Å². The number of halogens is 2. The van der Waals surface area contributed by atoms with Crippen LogP contribution in [0, 0.1) is 21.4 Å². The molecule has 3 aromatic carbocycles. The van der Waals surface area contributed by atoms with E-state index in [-0.39, 0.29) is 12.3 Å². The molecule has 3 aromatic rings. The molecule has 0 atom stereocenters. The molecule has 0 bridgehead atoms. The zero-order valence-electron chi connectivity index (χ0n) is 15.0. The lowest BCUT2D eigenvalue weighted by Crippen LogP contribution is -1.97. The van der Waals surface area contributed by atoms with Gasteiger partial charge in [0.2, 0.25) is 0 Å². The Labute approximate surface area is 177 Å². The van der Waals surface area contributed by atoms with Crippen molar-refractivity contribution < 1.29 is 9.66 Å². The zero-order valence-corrected chi connectivity index (χ0v) is 16.5. The number of hydrogen-bond acceptors (Lipinski definition) is 4. The standard InChI is InChI=1S/C22H14Cl2N2O3/c23-20-10-5-15(11-21(20)24)14-29-22-4-2-1-3-17(22)12-18(13-25)16-6-8-19(9-7-16)26(27)28/h1-12H,14H2/b18-12-. The summed E-state index contributed by atoms with van der Waals surface area (Å²) in [6.07, 6.45) is 1.69. The van der Waals surface area contributed by atoms with Gasteiger partial charge in [0.25, 0.3) is 5.69 Å². The average molecular weight is 425 g/mol. The molecule has 7 heteroatoms. The first-order valence-corrected chi connectivity index (χ1v) is 9.26. The van der Waals surface area contributed by atoms with E-state index in [0.29, 0.717) is 32.5 Å². The van der Waals surface area contributed by atoms with Gasteiger partial charge >= 0.3 is 0 Å². The van der Waals surface area contributed by atoms with E-state index < -0.39 is 4.92 Å². The van der Waals surface area contributed by atoms with E-state index in [2.05, 4.69) is 6.07 Å². The maximum atomic E-state index is 10.8. The predicted molar refractivity (Wildman–Crippen MR) is 114 cm³/mol. The Morgan fingerprint density at radius 2 is 1.79 bits per heavy atom. The van der Waals surface area contributed by atoms with Gasteiger partial charge in [-0.2, -0.15) is 5.26 Å². The molecular weight excluding hydrogens is 411 g/mol. The van der Waals surface area contributed by atoms with E-state index in [1.165, 1.54) is 12.1 Å². The SMILES string of the molecule is N#C/C(=C/c1ccccc1OCc1ccc(Cl)c(Cl)c1)c1ccc([N+](=O)[O-])cc1. The number of nitriles is 1. The lowest BCUT2D eigenvalue weighted by Gasteiger charge is -2.10. The van der Waals surface area contributed by atoms with Crippen molar-refractivity contribution in [2.24, 2.45) is 0 Å². The Morgan fingerprint density at radius 1 is 1.07 bits per heavy atom. The molecule has 29 heavy (non-hydrogen) atoms. The molecule has 0 aliphatic carbocycles. The lowest BCUT2D eigenvalue weighted by atomic mass is 10.0. The molecule has 0 saturated heterocycles. The number of ether oxygens (including phenoxy) is 1. The van der Waals surface area contributed by atoms with E-state index in [1.807, 2.05) is 24.3 Å². The number of nitro groups is 1. The van der Waals surface area contributed by atoms with Crippen LogP contribution in [-0.2, 0) is 6.61 Å². The minimum atomic E-state index is -0.480. The largest absolute Gasteiger partial charge is 0.488 e. The molecule has 3 rings (SSSR count). The first kappa shape index (κ1) is 20.4. The fourth-order valence-corrected chi connectivity index (χ4v) is 2.94. The Kier molecular flexibility index (Phi) is 6.50. The minimum Gasteiger partial charge on any atom is -0.488 e. The second-order valence-corrected chi connectivity index (χ2v) is 6.86. The summed E-state index contributed by atoms with van der Waals surface area (Å²) in [5.74, 6) is 0.591. The smallest absolute Gasteiger partial charge is 0.269 e. The number of allylic oxidation sites excluding steroid dienone is 1. The Bertz CT molecular complexity index is 1120. The van der Waals surface area contributed by atoms with Crippen LogP contribution >= 0.6 is 23.2 Å². The number of non-ortho nitro benzene ring substituents is 1.